The number of halogens is 5. The summed E-state index contributed by atoms with van der Waals surface area (Å²) in [5, 5.41) is 23.6. The monoisotopic (exact) mass is 621 g/mol. The highest BCUT2D eigenvalue weighted by atomic mass is 32.2. The maximum Gasteiger partial charge on any atom is 0.261 e. The van der Waals surface area contributed by atoms with Crippen LogP contribution in [0.25, 0.3) is 0 Å². The van der Waals surface area contributed by atoms with Gasteiger partial charge in [0, 0.05) is 30.0 Å². The third kappa shape index (κ3) is 6.25. The van der Waals surface area contributed by atoms with E-state index in [0.29, 0.717) is 16.5 Å². The van der Waals surface area contributed by atoms with Crippen molar-refractivity contribution in [2.45, 2.75) is 37.2 Å². The Morgan fingerprint density at radius 3 is 2.12 bits per heavy atom. The van der Waals surface area contributed by atoms with Crippen LogP contribution in [0.2, 0.25) is 0 Å². The van der Waals surface area contributed by atoms with Crippen molar-refractivity contribution in [3.63, 3.8) is 0 Å². The lowest BCUT2D eigenvalue weighted by Crippen LogP contribution is -2.38. The quantitative estimate of drug-likeness (QED) is 0.119. The number of ether oxygens (including phenoxy) is 2. The molecule has 0 unspecified atom stereocenters. The predicted molar refractivity (Wildman–Crippen MR) is 143 cm³/mol. The lowest BCUT2D eigenvalue weighted by atomic mass is 9.91. The number of hydrogen-bond donors (Lipinski definition) is 2. The first-order valence-corrected chi connectivity index (χ1v) is 13.9. The molecule has 0 aliphatic carbocycles. The number of aryl methyl sites for hydroxylation is 1. The molecule has 0 bridgehead atoms. The first kappa shape index (κ1) is 30.5. The molecule has 1 fully saturated rings. The van der Waals surface area contributed by atoms with Crippen molar-refractivity contribution < 1.29 is 41.3 Å². The molecule has 43 heavy (non-hydrogen) atoms. The van der Waals surface area contributed by atoms with Gasteiger partial charge in [-0.2, -0.15) is 0 Å². The fourth-order valence-electron chi connectivity index (χ4n) is 4.53. The number of tetrazole rings is 1. The van der Waals surface area contributed by atoms with Gasteiger partial charge in [0.1, 0.15) is 5.56 Å². The Kier molecular flexibility index (Phi) is 9.05. The highest BCUT2D eigenvalue weighted by Crippen LogP contribution is 2.43. The summed E-state index contributed by atoms with van der Waals surface area (Å²) in [6.45, 7) is 1.88. The van der Waals surface area contributed by atoms with Crippen molar-refractivity contribution in [1.82, 2.24) is 20.2 Å². The van der Waals surface area contributed by atoms with Crippen LogP contribution in [0, 0.1) is 35.0 Å². The van der Waals surface area contributed by atoms with Gasteiger partial charge in [0.05, 0.1) is 18.8 Å². The molecule has 1 amide bonds. The topological polar surface area (TPSA) is 111 Å². The Bertz CT molecular complexity index is 1590. The van der Waals surface area contributed by atoms with Gasteiger partial charge in [-0.1, -0.05) is 55.1 Å². The lowest BCUT2D eigenvalue weighted by molar-refractivity contribution is -0.268. The van der Waals surface area contributed by atoms with Crippen LogP contribution in [-0.2, 0) is 23.1 Å². The highest BCUT2D eigenvalue weighted by Gasteiger charge is 2.38. The molecule has 1 aliphatic rings. The largest absolute Gasteiger partial charge is 0.392 e. The second-order valence-corrected chi connectivity index (χ2v) is 10.7. The number of thioether (sulfide) groups is 1. The van der Waals surface area contributed by atoms with E-state index in [0.717, 1.165) is 11.1 Å². The number of aliphatic hydroxyl groups is 1. The van der Waals surface area contributed by atoms with Gasteiger partial charge >= 0.3 is 0 Å². The Morgan fingerprint density at radius 2 is 1.53 bits per heavy atom. The number of aliphatic hydroxyl groups excluding tert-OH is 1. The van der Waals surface area contributed by atoms with E-state index in [9.17, 15) is 31.9 Å². The van der Waals surface area contributed by atoms with Gasteiger partial charge in [-0.25, -0.2) is 26.6 Å². The molecule has 1 saturated heterocycles. The second-order valence-electron chi connectivity index (χ2n) is 9.74. The standard InChI is InChI=1S/C28H24F5N5O4S/c1-13-18(12-43-28-35-36-37-38(28)2)41-27(42-25(13)15-5-3-14(11-39)4-6-15)16-7-9-17(10-8-16)34-26(40)19-20(29)22(31)24(33)23(32)21(19)30/h3-10,13,18,25,27,39H,11-12H2,1-2H3,(H,34,40)/t13-,18+,25+,27+/m1/s1. The van der Waals surface area contributed by atoms with E-state index in [1.807, 2.05) is 19.1 Å². The first-order valence-electron chi connectivity index (χ1n) is 12.9. The van der Waals surface area contributed by atoms with E-state index in [4.69, 9.17) is 9.47 Å². The van der Waals surface area contributed by atoms with Crippen LogP contribution in [0.4, 0.5) is 27.6 Å². The molecule has 1 aliphatic heterocycles. The number of anilines is 1. The Hall–Kier alpha value is -3.92. The number of carbonyl (C=O) groups is 1. The third-order valence-electron chi connectivity index (χ3n) is 6.96. The molecular formula is C28H24F5N5O4S. The number of nitrogens with zero attached hydrogens (tertiary/aromatic N) is 4. The van der Waals surface area contributed by atoms with Gasteiger partial charge in [-0.3, -0.25) is 4.79 Å². The van der Waals surface area contributed by atoms with E-state index in [1.54, 1.807) is 19.2 Å². The summed E-state index contributed by atoms with van der Waals surface area (Å²) >= 11 is 1.40. The molecule has 226 valence electrons. The summed E-state index contributed by atoms with van der Waals surface area (Å²) in [6.07, 6.45) is -1.62. The minimum absolute atomic E-state index is 0.0277. The predicted octanol–water partition coefficient (Wildman–Crippen LogP) is 5.23. The fraction of sp³-hybridized carbons (Fsp3) is 0.286. The molecule has 3 aromatic carbocycles. The van der Waals surface area contributed by atoms with Crippen LogP contribution >= 0.6 is 11.8 Å². The van der Waals surface area contributed by atoms with Crippen LogP contribution in [-0.4, -0.2) is 43.1 Å². The normalized spacial score (nSPS) is 20.3. The minimum Gasteiger partial charge on any atom is -0.392 e. The van der Waals surface area contributed by atoms with Crippen molar-refractivity contribution in [3.05, 3.63) is 99.9 Å². The Labute approximate surface area is 246 Å². The summed E-state index contributed by atoms with van der Waals surface area (Å²) < 4.78 is 82.9. The molecular weight excluding hydrogens is 597 g/mol. The van der Waals surface area contributed by atoms with Crippen LogP contribution in [0.3, 0.4) is 0 Å². The van der Waals surface area contributed by atoms with E-state index in [2.05, 4.69) is 20.8 Å². The summed E-state index contributed by atoms with van der Waals surface area (Å²) in [6, 6.07) is 13.2. The van der Waals surface area contributed by atoms with Crippen LogP contribution in [0.15, 0.2) is 53.7 Å². The van der Waals surface area contributed by atoms with Crippen LogP contribution in [0.5, 0.6) is 0 Å². The summed E-state index contributed by atoms with van der Waals surface area (Å²) in [5.41, 5.74) is 0.570. The van der Waals surface area contributed by atoms with E-state index < -0.39 is 53.0 Å². The fourth-order valence-corrected chi connectivity index (χ4v) is 5.54. The number of rotatable bonds is 8. The smallest absolute Gasteiger partial charge is 0.261 e. The van der Waals surface area contributed by atoms with E-state index >= 15 is 0 Å². The summed E-state index contributed by atoms with van der Waals surface area (Å²) in [4.78, 5) is 12.4. The zero-order valence-corrected chi connectivity index (χ0v) is 23.4. The minimum atomic E-state index is -2.36. The number of aromatic nitrogens is 4. The maximum absolute atomic E-state index is 14.1. The molecule has 2 N–H and O–H groups in total. The average molecular weight is 622 g/mol. The molecule has 1 aromatic heterocycles. The van der Waals surface area contributed by atoms with Gasteiger partial charge in [0.2, 0.25) is 11.0 Å². The highest BCUT2D eigenvalue weighted by molar-refractivity contribution is 7.99. The van der Waals surface area contributed by atoms with Crippen LogP contribution < -0.4 is 5.32 Å². The third-order valence-corrected chi connectivity index (χ3v) is 8.06. The molecule has 0 saturated carbocycles. The zero-order valence-electron chi connectivity index (χ0n) is 22.6. The van der Waals surface area contributed by atoms with Gasteiger partial charge in [-0.05, 0) is 33.7 Å². The van der Waals surface area contributed by atoms with E-state index in [1.165, 1.54) is 40.7 Å². The molecule has 0 spiro atoms. The number of benzene rings is 3. The van der Waals surface area contributed by atoms with Crippen molar-refractivity contribution in [2.24, 2.45) is 13.0 Å². The van der Waals surface area contributed by atoms with Crippen molar-refractivity contribution >= 4 is 23.4 Å². The molecule has 4 atom stereocenters. The van der Waals surface area contributed by atoms with Gasteiger partial charge in [0.25, 0.3) is 5.91 Å². The molecule has 15 heteroatoms. The first-order chi connectivity index (χ1) is 20.6. The van der Waals surface area contributed by atoms with Gasteiger partial charge in [-0.15, -0.1) is 5.10 Å². The molecule has 4 aromatic rings. The van der Waals surface area contributed by atoms with E-state index in [-0.39, 0.29) is 24.3 Å². The van der Waals surface area contributed by atoms with Crippen molar-refractivity contribution in [2.75, 3.05) is 11.1 Å². The summed E-state index contributed by atoms with van der Waals surface area (Å²) in [5.74, 6) is -12.4. The van der Waals surface area contributed by atoms with Crippen molar-refractivity contribution in [1.29, 1.82) is 0 Å². The molecule has 9 nitrogen and oxygen atoms in total. The van der Waals surface area contributed by atoms with Gasteiger partial charge in [0.15, 0.2) is 29.6 Å². The SMILES string of the molecule is C[C@@H]1[C@H](CSc2nnnn2C)O[C@H](c2ccc(NC(=O)c3c(F)c(F)c(F)c(F)c3F)cc2)O[C@@H]1c1ccc(CO)cc1. The number of amides is 1. The maximum atomic E-state index is 14.1. The lowest BCUT2D eigenvalue weighted by Gasteiger charge is -2.41. The number of hydrogen-bond acceptors (Lipinski definition) is 8. The zero-order chi connectivity index (χ0) is 30.8. The number of carbonyl (C=O) groups excluding carboxylic acids is 1. The number of nitrogens with one attached hydrogen (secondary N) is 1. The molecule has 2 heterocycles. The van der Waals surface area contributed by atoms with Gasteiger partial charge < -0.3 is 19.9 Å². The molecule has 5 rings (SSSR count). The van der Waals surface area contributed by atoms with Crippen molar-refractivity contribution in [3.8, 4) is 0 Å². The van der Waals surface area contributed by atoms with Crippen LogP contribution in [0.1, 0.15) is 46.4 Å². The average Bonchev–Trinajstić information content (AvgIpc) is 3.43. The Morgan fingerprint density at radius 1 is 0.930 bits per heavy atom. The summed E-state index contributed by atoms with van der Waals surface area (Å²) in [7, 11) is 1.72. The molecule has 0 radical (unpaired) electrons. The second kappa shape index (κ2) is 12.8. The Balaban J connectivity index is 1.37.